The minimum atomic E-state index is -0.164. The molecule has 1 aliphatic heterocycles. The molecular weight excluding hydrogens is 484 g/mol. The van der Waals surface area contributed by atoms with Crippen molar-refractivity contribution in [1.82, 2.24) is 30.3 Å². The molecule has 0 radical (unpaired) electrons. The smallest absolute Gasteiger partial charge is 0.194 e. The van der Waals surface area contributed by atoms with Crippen molar-refractivity contribution in [2.45, 2.75) is 38.8 Å². The zero-order valence-corrected chi connectivity index (χ0v) is 19.7. The molecule has 0 amide bonds. The number of nitrogens with zero attached hydrogens (tertiary/aromatic N) is 5. The van der Waals surface area contributed by atoms with Crippen molar-refractivity contribution in [3.63, 3.8) is 0 Å². The second-order valence-electron chi connectivity index (χ2n) is 7.47. The number of guanidine groups is 1. The molecule has 0 saturated carbocycles. The molecule has 3 rings (SSSR count). The number of H-pyrrole nitrogens is 1. The molecule has 2 heterocycles. The number of benzene rings is 1. The van der Waals surface area contributed by atoms with Crippen molar-refractivity contribution in [2.75, 3.05) is 33.7 Å². The second-order valence-corrected chi connectivity index (χ2v) is 7.47. The van der Waals surface area contributed by atoms with E-state index < -0.39 is 0 Å². The SMILES string of the molecule is CCNC(=NCc1ccc(F)c(CN(C)C)c1)N1CCC(c2ncn[nH]2)CC1.I. The Hall–Kier alpha value is -1.75. The number of likely N-dealkylation sites (tertiary alicyclic amines) is 1. The van der Waals surface area contributed by atoms with E-state index in [-0.39, 0.29) is 29.8 Å². The van der Waals surface area contributed by atoms with Gasteiger partial charge in [0.05, 0.1) is 6.54 Å². The lowest BCUT2D eigenvalue weighted by Gasteiger charge is -2.33. The third-order valence-electron chi connectivity index (χ3n) is 4.96. The van der Waals surface area contributed by atoms with Crippen LogP contribution in [0.2, 0.25) is 0 Å². The van der Waals surface area contributed by atoms with Crippen molar-refractivity contribution in [1.29, 1.82) is 0 Å². The van der Waals surface area contributed by atoms with Gasteiger partial charge in [-0.3, -0.25) is 5.10 Å². The van der Waals surface area contributed by atoms with Gasteiger partial charge >= 0.3 is 0 Å². The molecule has 0 spiro atoms. The Morgan fingerprint density at radius 1 is 1.34 bits per heavy atom. The van der Waals surface area contributed by atoms with Crippen LogP contribution >= 0.6 is 24.0 Å². The fourth-order valence-corrected chi connectivity index (χ4v) is 3.56. The number of rotatable bonds is 6. The summed E-state index contributed by atoms with van der Waals surface area (Å²) in [5.41, 5.74) is 1.72. The first kappa shape index (κ1) is 23.5. The van der Waals surface area contributed by atoms with Crippen LogP contribution in [0, 0.1) is 5.82 Å². The molecule has 1 aliphatic rings. The Morgan fingerprint density at radius 3 is 2.72 bits per heavy atom. The van der Waals surface area contributed by atoms with Gasteiger partial charge in [0.15, 0.2) is 5.96 Å². The standard InChI is InChI=1S/C20H30FN7.HI/c1-4-22-20(28-9-7-16(8-10-28)19-24-14-25-26-19)23-12-15-5-6-18(21)17(11-15)13-27(2)3;/h5-6,11,14,16H,4,7-10,12-13H2,1-3H3,(H,22,23)(H,24,25,26);1H. The average Bonchev–Trinajstić information content (AvgIpc) is 3.22. The van der Waals surface area contributed by atoms with Gasteiger partial charge < -0.3 is 15.1 Å². The summed E-state index contributed by atoms with van der Waals surface area (Å²) in [6.45, 7) is 5.85. The lowest BCUT2D eigenvalue weighted by molar-refractivity contribution is 0.299. The molecule has 0 aliphatic carbocycles. The maximum atomic E-state index is 14.0. The lowest BCUT2D eigenvalue weighted by atomic mass is 9.96. The van der Waals surface area contributed by atoms with E-state index in [1.165, 1.54) is 0 Å². The quantitative estimate of drug-likeness (QED) is 0.352. The average molecular weight is 515 g/mol. The highest BCUT2D eigenvalue weighted by molar-refractivity contribution is 14.0. The lowest BCUT2D eigenvalue weighted by Crippen LogP contribution is -2.45. The first-order valence-corrected chi connectivity index (χ1v) is 9.87. The number of nitrogens with one attached hydrogen (secondary N) is 2. The molecule has 1 aromatic carbocycles. The van der Waals surface area contributed by atoms with Gasteiger partial charge in [0.1, 0.15) is 18.0 Å². The van der Waals surface area contributed by atoms with E-state index >= 15 is 0 Å². The summed E-state index contributed by atoms with van der Waals surface area (Å²) in [7, 11) is 3.88. The molecule has 160 valence electrons. The highest BCUT2D eigenvalue weighted by Crippen LogP contribution is 2.25. The molecule has 29 heavy (non-hydrogen) atoms. The van der Waals surface area contributed by atoms with Crippen molar-refractivity contribution in [2.24, 2.45) is 4.99 Å². The Morgan fingerprint density at radius 2 is 2.10 bits per heavy atom. The zero-order valence-electron chi connectivity index (χ0n) is 17.4. The summed E-state index contributed by atoms with van der Waals surface area (Å²) in [6.07, 6.45) is 3.60. The number of aromatic amines is 1. The van der Waals surface area contributed by atoms with Crippen LogP contribution in [0.5, 0.6) is 0 Å². The topological polar surface area (TPSA) is 72.4 Å². The van der Waals surface area contributed by atoms with E-state index in [1.807, 2.05) is 31.1 Å². The minimum Gasteiger partial charge on any atom is -0.357 e. The highest BCUT2D eigenvalue weighted by Gasteiger charge is 2.24. The summed E-state index contributed by atoms with van der Waals surface area (Å²) in [4.78, 5) is 13.4. The monoisotopic (exact) mass is 515 g/mol. The summed E-state index contributed by atoms with van der Waals surface area (Å²) < 4.78 is 14.0. The summed E-state index contributed by atoms with van der Waals surface area (Å²) in [5, 5.41) is 10.3. The number of piperidine rings is 1. The third kappa shape index (κ3) is 6.63. The van der Waals surface area contributed by atoms with Crippen LogP contribution in [-0.2, 0) is 13.1 Å². The largest absolute Gasteiger partial charge is 0.357 e. The van der Waals surface area contributed by atoms with E-state index in [1.54, 1.807) is 12.4 Å². The van der Waals surface area contributed by atoms with Crippen LogP contribution in [0.1, 0.15) is 42.6 Å². The predicted molar refractivity (Wildman–Crippen MR) is 124 cm³/mol. The van der Waals surface area contributed by atoms with E-state index in [9.17, 15) is 4.39 Å². The molecule has 2 N–H and O–H groups in total. The minimum absolute atomic E-state index is 0. The van der Waals surface area contributed by atoms with Crippen LogP contribution in [0.4, 0.5) is 4.39 Å². The maximum Gasteiger partial charge on any atom is 0.194 e. The third-order valence-corrected chi connectivity index (χ3v) is 4.96. The predicted octanol–water partition coefficient (Wildman–Crippen LogP) is 2.97. The molecule has 0 bridgehead atoms. The van der Waals surface area contributed by atoms with E-state index in [2.05, 4.69) is 32.3 Å². The molecule has 1 fully saturated rings. The van der Waals surface area contributed by atoms with Crippen molar-refractivity contribution < 1.29 is 4.39 Å². The first-order valence-electron chi connectivity index (χ1n) is 9.87. The summed E-state index contributed by atoms with van der Waals surface area (Å²) >= 11 is 0. The Balaban J connectivity index is 0.00000300. The normalized spacial score (nSPS) is 15.5. The molecule has 1 aromatic heterocycles. The van der Waals surface area contributed by atoms with Crippen LogP contribution in [0.3, 0.4) is 0 Å². The van der Waals surface area contributed by atoms with Gasteiger partial charge in [0.2, 0.25) is 0 Å². The van der Waals surface area contributed by atoms with Gasteiger partial charge in [-0.1, -0.05) is 6.07 Å². The molecule has 1 saturated heterocycles. The fourth-order valence-electron chi connectivity index (χ4n) is 3.56. The molecular formula is C20H31FIN7. The van der Waals surface area contributed by atoms with Gasteiger partial charge in [-0.05, 0) is 51.6 Å². The first-order chi connectivity index (χ1) is 13.6. The van der Waals surface area contributed by atoms with E-state index in [0.29, 0.717) is 24.6 Å². The van der Waals surface area contributed by atoms with Crippen LogP contribution in [0.25, 0.3) is 0 Å². The van der Waals surface area contributed by atoms with Crippen molar-refractivity contribution >= 4 is 29.9 Å². The van der Waals surface area contributed by atoms with Crippen molar-refractivity contribution in [3.8, 4) is 0 Å². The fraction of sp³-hybridized carbons (Fsp3) is 0.550. The Labute approximate surface area is 189 Å². The van der Waals surface area contributed by atoms with Crippen LogP contribution < -0.4 is 5.32 Å². The summed E-state index contributed by atoms with van der Waals surface area (Å²) in [5.74, 6) is 2.15. The van der Waals surface area contributed by atoms with Gasteiger partial charge in [-0.2, -0.15) is 5.10 Å². The number of aliphatic imine (C=N–C) groups is 1. The number of hydrogen-bond acceptors (Lipinski definition) is 4. The van der Waals surface area contributed by atoms with Crippen molar-refractivity contribution in [3.05, 3.63) is 47.3 Å². The molecule has 7 nitrogen and oxygen atoms in total. The number of aromatic nitrogens is 3. The number of hydrogen-bond donors (Lipinski definition) is 2. The van der Waals surface area contributed by atoms with Crippen LogP contribution in [-0.4, -0.2) is 64.7 Å². The molecule has 2 aromatic rings. The summed E-state index contributed by atoms with van der Waals surface area (Å²) in [6, 6.07) is 5.27. The van der Waals surface area contributed by atoms with E-state index in [4.69, 9.17) is 4.99 Å². The second kappa shape index (κ2) is 11.4. The Bertz CT molecular complexity index is 771. The Kier molecular flexibility index (Phi) is 9.28. The molecule has 9 heteroatoms. The van der Waals surface area contributed by atoms with Gasteiger partial charge in [0, 0.05) is 37.7 Å². The van der Waals surface area contributed by atoms with Crippen LogP contribution in [0.15, 0.2) is 29.5 Å². The molecule has 0 atom stereocenters. The van der Waals surface area contributed by atoms with Gasteiger partial charge in [-0.25, -0.2) is 14.4 Å². The van der Waals surface area contributed by atoms with E-state index in [0.717, 1.165) is 49.8 Å². The molecule has 0 unspecified atom stereocenters. The van der Waals surface area contributed by atoms with Gasteiger partial charge in [-0.15, -0.1) is 24.0 Å². The number of halogens is 2. The maximum absolute atomic E-state index is 14.0. The van der Waals surface area contributed by atoms with Gasteiger partial charge in [0.25, 0.3) is 0 Å². The zero-order chi connectivity index (χ0) is 19.9. The highest BCUT2D eigenvalue weighted by atomic mass is 127.